The van der Waals surface area contributed by atoms with Crippen molar-refractivity contribution in [2.75, 3.05) is 18.4 Å². The number of amides is 1. The second-order valence-electron chi connectivity index (χ2n) is 7.41. The van der Waals surface area contributed by atoms with Crippen LogP contribution in [0.3, 0.4) is 0 Å². The van der Waals surface area contributed by atoms with Crippen LogP contribution in [0.15, 0.2) is 29.9 Å². The van der Waals surface area contributed by atoms with Gasteiger partial charge in [0, 0.05) is 38.7 Å². The van der Waals surface area contributed by atoms with Gasteiger partial charge in [-0.25, -0.2) is 9.67 Å². The fraction of sp³-hybridized carbons (Fsp3) is 0.350. The SMILES string of the molecule is CC(=O)Nc1nnc(-n2cc3c(n2)CCN(C(C)c2ccc4scnc4c2)CC3)s1. The van der Waals surface area contributed by atoms with E-state index in [-0.39, 0.29) is 5.91 Å². The van der Waals surface area contributed by atoms with Gasteiger partial charge in [-0.15, -0.1) is 21.5 Å². The van der Waals surface area contributed by atoms with Gasteiger partial charge in [-0.1, -0.05) is 17.4 Å². The molecule has 5 rings (SSSR count). The second kappa shape index (κ2) is 7.86. The zero-order valence-corrected chi connectivity index (χ0v) is 18.3. The zero-order valence-electron chi connectivity index (χ0n) is 16.7. The van der Waals surface area contributed by atoms with E-state index in [2.05, 4.69) is 50.5 Å². The lowest BCUT2D eigenvalue weighted by atomic mass is 10.1. The predicted octanol–water partition coefficient (Wildman–Crippen LogP) is 3.45. The van der Waals surface area contributed by atoms with Gasteiger partial charge in [0.25, 0.3) is 0 Å². The number of benzene rings is 1. The molecule has 10 heteroatoms. The number of aromatic nitrogens is 5. The lowest BCUT2D eigenvalue weighted by Crippen LogP contribution is -2.29. The monoisotopic (exact) mass is 439 g/mol. The van der Waals surface area contributed by atoms with E-state index in [1.165, 1.54) is 34.1 Å². The highest BCUT2D eigenvalue weighted by Gasteiger charge is 2.23. The fourth-order valence-electron chi connectivity index (χ4n) is 3.83. The molecule has 1 unspecified atom stereocenters. The third-order valence-electron chi connectivity index (χ3n) is 5.46. The molecule has 0 aliphatic carbocycles. The summed E-state index contributed by atoms with van der Waals surface area (Å²) in [5.41, 5.74) is 6.64. The number of nitrogens with one attached hydrogen (secondary N) is 1. The van der Waals surface area contributed by atoms with Crippen molar-refractivity contribution in [3.05, 3.63) is 46.7 Å². The second-order valence-corrected chi connectivity index (χ2v) is 9.25. The van der Waals surface area contributed by atoms with E-state index >= 15 is 0 Å². The normalized spacial score (nSPS) is 15.7. The number of nitrogens with zero attached hydrogens (tertiary/aromatic N) is 6. The maximum atomic E-state index is 11.2. The first-order chi connectivity index (χ1) is 14.6. The van der Waals surface area contributed by atoms with Crippen molar-refractivity contribution in [3.63, 3.8) is 0 Å². The number of hydrogen-bond donors (Lipinski definition) is 1. The van der Waals surface area contributed by atoms with Gasteiger partial charge in [0.1, 0.15) is 0 Å². The minimum atomic E-state index is -0.155. The van der Waals surface area contributed by atoms with Gasteiger partial charge in [0.05, 0.1) is 21.4 Å². The fourth-order valence-corrected chi connectivity index (χ4v) is 5.21. The van der Waals surface area contributed by atoms with Crippen molar-refractivity contribution in [2.45, 2.75) is 32.7 Å². The van der Waals surface area contributed by atoms with E-state index in [0.29, 0.717) is 16.3 Å². The van der Waals surface area contributed by atoms with E-state index in [1.54, 1.807) is 16.0 Å². The quantitative estimate of drug-likeness (QED) is 0.524. The average molecular weight is 440 g/mol. The standard InChI is InChI=1S/C20H21N7OS2/c1-12(14-3-4-18-17(9-14)21-11-29-18)26-7-5-15-10-27(25-16(15)6-8-26)20-24-23-19(30-20)22-13(2)28/h3-4,9-12H,5-8H2,1-2H3,(H,22,23,28). The van der Waals surface area contributed by atoms with Crippen LogP contribution in [0.2, 0.25) is 0 Å². The van der Waals surface area contributed by atoms with Crippen LogP contribution >= 0.6 is 22.7 Å². The molecule has 4 heterocycles. The van der Waals surface area contributed by atoms with Crippen LogP contribution in [0.5, 0.6) is 0 Å². The third-order valence-corrected chi connectivity index (χ3v) is 7.10. The van der Waals surface area contributed by atoms with Gasteiger partial charge < -0.3 is 5.32 Å². The Bertz CT molecular complexity index is 1190. The molecule has 30 heavy (non-hydrogen) atoms. The molecule has 1 atom stereocenters. The van der Waals surface area contributed by atoms with E-state index in [4.69, 9.17) is 5.10 Å². The van der Waals surface area contributed by atoms with Crippen molar-refractivity contribution in [1.29, 1.82) is 0 Å². The van der Waals surface area contributed by atoms with Crippen molar-refractivity contribution >= 4 is 43.9 Å². The Morgan fingerprint density at radius 1 is 1.23 bits per heavy atom. The molecule has 3 aromatic heterocycles. The topological polar surface area (TPSA) is 88.8 Å². The highest BCUT2D eigenvalue weighted by atomic mass is 32.1. The van der Waals surface area contributed by atoms with Gasteiger partial charge in [-0.05, 0) is 36.6 Å². The molecule has 0 fully saturated rings. The molecule has 154 valence electrons. The van der Waals surface area contributed by atoms with Crippen LogP contribution in [-0.2, 0) is 17.6 Å². The molecule has 0 spiro atoms. The van der Waals surface area contributed by atoms with Crippen molar-refractivity contribution in [3.8, 4) is 5.13 Å². The molecule has 0 bridgehead atoms. The maximum Gasteiger partial charge on any atom is 0.234 e. The van der Waals surface area contributed by atoms with Crippen molar-refractivity contribution in [1.82, 2.24) is 29.9 Å². The first-order valence-corrected chi connectivity index (χ1v) is 11.5. The van der Waals surface area contributed by atoms with Crippen LogP contribution in [0, 0.1) is 0 Å². The van der Waals surface area contributed by atoms with Gasteiger partial charge in [0.2, 0.25) is 16.2 Å². The van der Waals surface area contributed by atoms with E-state index < -0.39 is 0 Å². The number of anilines is 1. The summed E-state index contributed by atoms with van der Waals surface area (Å²) in [5.74, 6) is -0.155. The minimum Gasteiger partial charge on any atom is -0.301 e. The molecule has 1 aliphatic heterocycles. The summed E-state index contributed by atoms with van der Waals surface area (Å²) in [4.78, 5) is 18.2. The van der Waals surface area contributed by atoms with Crippen molar-refractivity contribution < 1.29 is 4.79 Å². The Kier molecular flexibility index (Phi) is 5.05. The molecule has 1 aromatic carbocycles. The number of fused-ring (bicyclic) bond motifs is 2. The summed E-state index contributed by atoms with van der Waals surface area (Å²) >= 11 is 3.00. The summed E-state index contributed by atoms with van der Waals surface area (Å²) < 4.78 is 3.01. The molecular weight excluding hydrogens is 418 g/mol. The first kappa shape index (κ1) is 19.3. The number of carbonyl (C=O) groups excluding carboxylic acids is 1. The van der Waals surface area contributed by atoms with E-state index in [9.17, 15) is 4.79 Å². The summed E-state index contributed by atoms with van der Waals surface area (Å²) in [6.45, 7) is 5.65. The molecule has 0 saturated heterocycles. The van der Waals surface area contributed by atoms with E-state index in [0.717, 1.165) is 37.1 Å². The highest BCUT2D eigenvalue weighted by molar-refractivity contribution is 7.17. The molecular formula is C20H21N7OS2. The Morgan fingerprint density at radius 2 is 2.10 bits per heavy atom. The number of rotatable bonds is 4. The predicted molar refractivity (Wildman–Crippen MR) is 118 cm³/mol. The largest absolute Gasteiger partial charge is 0.301 e. The Hall–Kier alpha value is -2.69. The van der Waals surface area contributed by atoms with Crippen LogP contribution in [0.4, 0.5) is 5.13 Å². The molecule has 1 N–H and O–H groups in total. The van der Waals surface area contributed by atoms with Gasteiger partial charge in [0.15, 0.2) is 0 Å². The van der Waals surface area contributed by atoms with Crippen LogP contribution in [0.25, 0.3) is 15.3 Å². The number of hydrogen-bond acceptors (Lipinski definition) is 8. The van der Waals surface area contributed by atoms with Gasteiger partial charge >= 0.3 is 0 Å². The maximum absolute atomic E-state index is 11.2. The van der Waals surface area contributed by atoms with E-state index in [1.807, 2.05) is 11.7 Å². The lowest BCUT2D eigenvalue weighted by molar-refractivity contribution is -0.114. The Balaban J connectivity index is 1.30. The number of carbonyl (C=O) groups is 1. The summed E-state index contributed by atoms with van der Waals surface area (Å²) in [6.07, 6.45) is 3.88. The molecule has 0 saturated carbocycles. The third kappa shape index (κ3) is 3.73. The summed E-state index contributed by atoms with van der Waals surface area (Å²) in [5, 5.41) is 16.7. The Morgan fingerprint density at radius 3 is 2.97 bits per heavy atom. The van der Waals surface area contributed by atoms with Gasteiger partial charge in [-0.2, -0.15) is 5.10 Å². The zero-order chi connectivity index (χ0) is 20.7. The number of thiazole rings is 1. The molecule has 1 amide bonds. The molecule has 4 aromatic rings. The van der Waals surface area contributed by atoms with Crippen LogP contribution < -0.4 is 5.32 Å². The van der Waals surface area contributed by atoms with Crippen LogP contribution in [0.1, 0.15) is 36.7 Å². The van der Waals surface area contributed by atoms with Gasteiger partial charge in [-0.3, -0.25) is 9.69 Å². The molecule has 8 nitrogen and oxygen atoms in total. The van der Waals surface area contributed by atoms with Crippen molar-refractivity contribution in [2.24, 2.45) is 0 Å². The Labute approximate surface area is 181 Å². The lowest BCUT2D eigenvalue weighted by Gasteiger charge is -2.28. The molecule has 1 aliphatic rings. The smallest absolute Gasteiger partial charge is 0.234 e. The first-order valence-electron chi connectivity index (χ1n) is 9.83. The van der Waals surface area contributed by atoms with Crippen LogP contribution in [-0.4, -0.2) is 48.9 Å². The highest BCUT2D eigenvalue weighted by Crippen LogP contribution is 2.28. The summed E-state index contributed by atoms with van der Waals surface area (Å²) in [7, 11) is 0. The summed E-state index contributed by atoms with van der Waals surface area (Å²) in [6, 6.07) is 6.93. The molecule has 0 radical (unpaired) electrons. The minimum absolute atomic E-state index is 0.155. The average Bonchev–Trinajstić information content (AvgIpc) is 3.44.